The van der Waals surface area contributed by atoms with Gasteiger partial charge in [0.1, 0.15) is 0 Å². The van der Waals surface area contributed by atoms with Crippen LogP contribution in [0.25, 0.3) is 0 Å². The SMILES string of the molecule is CC1CN(c2cccc(C#N)c2)CC(CN)N1C. The summed E-state index contributed by atoms with van der Waals surface area (Å²) >= 11 is 0. The summed E-state index contributed by atoms with van der Waals surface area (Å²) in [5.41, 5.74) is 7.66. The lowest BCUT2D eigenvalue weighted by Gasteiger charge is -2.44. The second-order valence-corrected chi connectivity index (χ2v) is 4.97. The molecule has 0 aliphatic carbocycles. The van der Waals surface area contributed by atoms with E-state index in [4.69, 9.17) is 11.0 Å². The fourth-order valence-corrected chi connectivity index (χ4v) is 2.49. The molecule has 2 atom stereocenters. The molecule has 4 nitrogen and oxygen atoms in total. The Morgan fingerprint density at radius 2 is 2.22 bits per heavy atom. The Hall–Kier alpha value is -1.57. The maximum atomic E-state index is 8.96. The molecular weight excluding hydrogens is 224 g/mol. The molecule has 1 aliphatic rings. The standard InChI is InChI=1S/C14H20N4/c1-11-9-18(10-14(8-16)17(11)2)13-5-3-4-12(6-13)7-15/h3-6,11,14H,8-10,16H2,1-2H3. The Balaban J connectivity index is 2.20. The highest BCUT2D eigenvalue weighted by Crippen LogP contribution is 2.22. The Morgan fingerprint density at radius 1 is 1.44 bits per heavy atom. The van der Waals surface area contributed by atoms with E-state index in [1.807, 2.05) is 18.2 Å². The zero-order valence-electron chi connectivity index (χ0n) is 11.0. The summed E-state index contributed by atoms with van der Waals surface area (Å²) in [7, 11) is 2.13. The first-order chi connectivity index (χ1) is 8.65. The second kappa shape index (κ2) is 5.38. The second-order valence-electron chi connectivity index (χ2n) is 4.97. The van der Waals surface area contributed by atoms with Gasteiger partial charge in [0.05, 0.1) is 11.6 Å². The monoisotopic (exact) mass is 244 g/mol. The van der Waals surface area contributed by atoms with E-state index in [2.05, 4.69) is 35.9 Å². The van der Waals surface area contributed by atoms with E-state index in [-0.39, 0.29) is 0 Å². The van der Waals surface area contributed by atoms with Crippen LogP contribution in [0.1, 0.15) is 12.5 Å². The minimum Gasteiger partial charge on any atom is -0.368 e. The maximum absolute atomic E-state index is 8.96. The van der Waals surface area contributed by atoms with E-state index in [9.17, 15) is 0 Å². The number of benzene rings is 1. The van der Waals surface area contributed by atoms with Crippen LogP contribution in [-0.4, -0.2) is 43.7 Å². The molecular formula is C14H20N4. The first kappa shape index (κ1) is 12.9. The number of piperazine rings is 1. The van der Waals surface area contributed by atoms with Crippen molar-refractivity contribution in [2.45, 2.75) is 19.0 Å². The van der Waals surface area contributed by atoms with Crippen molar-refractivity contribution in [3.8, 4) is 6.07 Å². The predicted octanol–water partition coefficient (Wildman–Crippen LogP) is 1.03. The third-order valence-electron chi connectivity index (χ3n) is 3.80. The zero-order chi connectivity index (χ0) is 13.1. The van der Waals surface area contributed by atoms with Crippen molar-refractivity contribution in [1.82, 2.24) is 4.90 Å². The average Bonchev–Trinajstić information content (AvgIpc) is 2.41. The van der Waals surface area contributed by atoms with Crippen LogP contribution < -0.4 is 10.6 Å². The molecule has 2 N–H and O–H groups in total. The van der Waals surface area contributed by atoms with Gasteiger partial charge in [-0.1, -0.05) is 6.07 Å². The van der Waals surface area contributed by atoms with E-state index >= 15 is 0 Å². The van der Waals surface area contributed by atoms with E-state index in [1.165, 1.54) is 0 Å². The molecule has 0 radical (unpaired) electrons. The highest BCUT2D eigenvalue weighted by Gasteiger charge is 2.28. The van der Waals surface area contributed by atoms with Crippen molar-refractivity contribution in [2.75, 3.05) is 31.6 Å². The van der Waals surface area contributed by atoms with Crippen LogP contribution in [0.4, 0.5) is 5.69 Å². The summed E-state index contributed by atoms with van der Waals surface area (Å²) < 4.78 is 0. The van der Waals surface area contributed by atoms with Gasteiger partial charge in [0.2, 0.25) is 0 Å². The van der Waals surface area contributed by atoms with Gasteiger partial charge in [-0.2, -0.15) is 5.26 Å². The van der Waals surface area contributed by atoms with Gasteiger partial charge in [0.25, 0.3) is 0 Å². The molecule has 1 aliphatic heterocycles. The molecule has 0 aromatic heterocycles. The van der Waals surface area contributed by atoms with Crippen molar-refractivity contribution >= 4 is 5.69 Å². The third kappa shape index (κ3) is 2.47. The quantitative estimate of drug-likeness (QED) is 0.844. The summed E-state index contributed by atoms with van der Waals surface area (Å²) in [5, 5.41) is 8.96. The Kier molecular flexibility index (Phi) is 3.85. The van der Waals surface area contributed by atoms with Crippen LogP contribution >= 0.6 is 0 Å². The average molecular weight is 244 g/mol. The minimum atomic E-state index is 0.375. The largest absolute Gasteiger partial charge is 0.368 e. The zero-order valence-corrected chi connectivity index (χ0v) is 11.0. The van der Waals surface area contributed by atoms with Gasteiger partial charge in [-0.15, -0.1) is 0 Å². The van der Waals surface area contributed by atoms with E-state index in [0.717, 1.165) is 18.8 Å². The topological polar surface area (TPSA) is 56.3 Å². The smallest absolute Gasteiger partial charge is 0.0992 e. The van der Waals surface area contributed by atoms with Crippen LogP contribution in [0.2, 0.25) is 0 Å². The summed E-state index contributed by atoms with van der Waals surface area (Å²) in [6.07, 6.45) is 0. The van der Waals surface area contributed by atoms with Crippen molar-refractivity contribution in [2.24, 2.45) is 5.73 Å². The van der Waals surface area contributed by atoms with Crippen molar-refractivity contribution in [3.63, 3.8) is 0 Å². The van der Waals surface area contributed by atoms with Crippen molar-refractivity contribution in [3.05, 3.63) is 29.8 Å². The summed E-state index contributed by atoms with van der Waals surface area (Å²) in [4.78, 5) is 4.66. The van der Waals surface area contributed by atoms with Crippen LogP contribution in [0, 0.1) is 11.3 Å². The molecule has 0 saturated carbocycles. The van der Waals surface area contributed by atoms with Crippen LogP contribution in [-0.2, 0) is 0 Å². The van der Waals surface area contributed by atoms with Crippen LogP contribution in [0.3, 0.4) is 0 Å². The van der Waals surface area contributed by atoms with Crippen molar-refractivity contribution < 1.29 is 0 Å². The molecule has 18 heavy (non-hydrogen) atoms. The Morgan fingerprint density at radius 3 is 2.89 bits per heavy atom. The van der Waals surface area contributed by atoms with E-state index < -0.39 is 0 Å². The molecule has 2 unspecified atom stereocenters. The summed E-state index contributed by atoms with van der Waals surface area (Å²) in [6.45, 7) is 4.77. The number of anilines is 1. The molecule has 1 aromatic carbocycles. The lowest BCUT2D eigenvalue weighted by atomic mass is 10.1. The van der Waals surface area contributed by atoms with Crippen LogP contribution in [0.5, 0.6) is 0 Å². The number of hydrogen-bond acceptors (Lipinski definition) is 4. The number of likely N-dealkylation sites (N-methyl/N-ethyl adjacent to an activating group) is 1. The predicted molar refractivity (Wildman–Crippen MR) is 73.4 cm³/mol. The van der Waals surface area contributed by atoms with Gasteiger partial charge in [-0.25, -0.2) is 0 Å². The van der Waals surface area contributed by atoms with Gasteiger partial charge in [0, 0.05) is 37.4 Å². The molecule has 1 fully saturated rings. The summed E-state index contributed by atoms with van der Waals surface area (Å²) in [6, 6.07) is 10.8. The Bertz CT molecular complexity index is 451. The van der Waals surface area contributed by atoms with Gasteiger partial charge in [-0.3, -0.25) is 4.90 Å². The number of hydrogen-bond donors (Lipinski definition) is 1. The molecule has 2 rings (SSSR count). The number of nitrogens with zero attached hydrogens (tertiary/aromatic N) is 3. The third-order valence-corrected chi connectivity index (χ3v) is 3.80. The van der Waals surface area contributed by atoms with Gasteiger partial charge in [0.15, 0.2) is 0 Å². The molecule has 1 saturated heterocycles. The van der Waals surface area contributed by atoms with Crippen LogP contribution in [0.15, 0.2) is 24.3 Å². The Labute approximate surface area is 109 Å². The minimum absolute atomic E-state index is 0.375. The van der Waals surface area contributed by atoms with Gasteiger partial charge < -0.3 is 10.6 Å². The van der Waals surface area contributed by atoms with E-state index in [0.29, 0.717) is 24.2 Å². The summed E-state index contributed by atoms with van der Waals surface area (Å²) in [5.74, 6) is 0. The number of nitriles is 1. The molecule has 4 heteroatoms. The maximum Gasteiger partial charge on any atom is 0.0992 e. The van der Waals surface area contributed by atoms with Gasteiger partial charge >= 0.3 is 0 Å². The van der Waals surface area contributed by atoms with E-state index in [1.54, 1.807) is 0 Å². The first-order valence-corrected chi connectivity index (χ1v) is 6.32. The highest BCUT2D eigenvalue weighted by atomic mass is 15.3. The number of nitrogens with two attached hydrogens (primary N) is 1. The number of rotatable bonds is 2. The normalized spacial score (nSPS) is 24.9. The first-order valence-electron chi connectivity index (χ1n) is 6.32. The lowest BCUT2D eigenvalue weighted by Crippen LogP contribution is -2.58. The van der Waals surface area contributed by atoms with Crippen molar-refractivity contribution in [1.29, 1.82) is 5.26 Å². The fourth-order valence-electron chi connectivity index (χ4n) is 2.49. The molecule has 96 valence electrons. The molecule has 0 spiro atoms. The molecule has 0 amide bonds. The molecule has 1 heterocycles. The fraction of sp³-hybridized carbons (Fsp3) is 0.500. The highest BCUT2D eigenvalue weighted by molar-refractivity contribution is 5.52. The van der Waals surface area contributed by atoms with Gasteiger partial charge in [-0.05, 0) is 32.2 Å². The molecule has 0 bridgehead atoms. The molecule has 1 aromatic rings. The lowest BCUT2D eigenvalue weighted by molar-refractivity contribution is 0.162.